The van der Waals surface area contributed by atoms with E-state index in [0.717, 1.165) is 49.4 Å². The van der Waals surface area contributed by atoms with Crippen LogP contribution in [-0.4, -0.2) is 58.8 Å². The minimum absolute atomic E-state index is 0.206. The number of hydrogen-bond acceptors (Lipinski definition) is 4. The van der Waals surface area contributed by atoms with E-state index in [1.165, 1.54) is 11.1 Å². The zero-order valence-corrected chi connectivity index (χ0v) is 17.2. The van der Waals surface area contributed by atoms with Crippen LogP contribution in [-0.2, 0) is 17.9 Å². The Bertz CT molecular complexity index is 989. The highest BCUT2D eigenvalue weighted by Gasteiger charge is 2.21. The molecule has 0 unspecified atom stereocenters. The van der Waals surface area contributed by atoms with Gasteiger partial charge in [0.1, 0.15) is 5.75 Å². The minimum Gasteiger partial charge on any atom is -0.497 e. The Morgan fingerprint density at radius 2 is 1.93 bits per heavy atom. The molecule has 0 N–H and O–H groups in total. The Hall–Kier alpha value is -2.86. The number of hydrogen-bond donors (Lipinski definition) is 0. The van der Waals surface area contributed by atoms with Crippen LogP contribution in [0.2, 0.25) is 0 Å². The molecule has 2 heterocycles. The summed E-state index contributed by atoms with van der Waals surface area (Å²) in [5.41, 5.74) is 3.66. The van der Waals surface area contributed by atoms with Crippen molar-refractivity contribution < 1.29 is 9.53 Å². The molecule has 1 aliphatic rings. The number of carbonyl (C=O) groups excluding carboxylic acids is 1. The SMILES string of the molecule is COc1ccc2c(cnn2CCC(=O)N2CCN(Cc3cccc(C)c3)CC2)c1. The van der Waals surface area contributed by atoms with Crippen molar-refractivity contribution in [2.24, 2.45) is 0 Å². The molecule has 0 bridgehead atoms. The Morgan fingerprint density at radius 3 is 2.69 bits per heavy atom. The van der Waals surface area contributed by atoms with Gasteiger partial charge in [0.15, 0.2) is 0 Å². The van der Waals surface area contributed by atoms with Crippen molar-refractivity contribution in [2.75, 3.05) is 33.3 Å². The van der Waals surface area contributed by atoms with Crippen molar-refractivity contribution in [3.8, 4) is 5.75 Å². The Morgan fingerprint density at radius 1 is 1.10 bits per heavy atom. The summed E-state index contributed by atoms with van der Waals surface area (Å²) < 4.78 is 7.16. The summed E-state index contributed by atoms with van der Waals surface area (Å²) in [7, 11) is 1.66. The van der Waals surface area contributed by atoms with E-state index in [1.807, 2.05) is 34.0 Å². The van der Waals surface area contributed by atoms with Gasteiger partial charge in [-0.25, -0.2) is 0 Å². The minimum atomic E-state index is 0.206. The van der Waals surface area contributed by atoms with Crippen molar-refractivity contribution in [1.82, 2.24) is 19.6 Å². The van der Waals surface area contributed by atoms with Gasteiger partial charge in [-0.1, -0.05) is 29.8 Å². The number of piperazine rings is 1. The number of carbonyl (C=O) groups is 1. The molecular weight excluding hydrogens is 364 g/mol. The number of aryl methyl sites for hydroxylation is 2. The molecule has 1 amide bonds. The first kappa shape index (κ1) is 19.5. The monoisotopic (exact) mass is 392 g/mol. The van der Waals surface area contributed by atoms with Gasteiger partial charge in [-0.2, -0.15) is 5.10 Å². The van der Waals surface area contributed by atoms with Crippen LogP contribution < -0.4 is 4.74 Å². The van der Waals surface area contributed by atoms with Crippen LogP contribution in [0.1, 0.15) is 17.5 Å². The molecule has 0 radical (unpaired) electrons. The highest BCUT2D eigenvalue weighted by molar-refractivity contribution is 5.81. The number of methoxy groups -OCH3 is 1. The summed E-state index contributed by atoms with van der Waals surface area (Å²) in [5.74, 6) is 1.02. The first-order valence-corrected chi connectivity index (χ1v) is 10.2. The second-order valence-corrected chi connectivity index (χ2v) is 7.69. The first-order valence-electron chi connectivity index (χ1n) is 10.2. The Balaban J connectivity index is 1.28. The summed E-state index contributed by atoms with van der Waals surface area (Å²) in [6.45, 7) is 7.10. The molecule has 1 aromatic heterocycles. The number of ether oxygens (including phenoxy) is 1. The average Bonchev–Trinajstić information content (AvgIpc) is 3.14. The molecule has 152 valence electrons. The molecule has 0 spiro atoms. The van der Waals surface area contributed by atoms with Gasteiger partial charge in [-0.05, 0) is 30.7 Å². The van der Waals surface area contributed by atoms with Gasteiger partial charge in [-0.3, -0.25) is 14.4 Å². The molecule has 3 aromatic rings. The fourth-order valence-electron chi connectivity index (χ4n) is 3.95. The van der Waals surface area contributed by atoms with E-state index in [2.05, 4.69) is 41.2 Å². The number of rotatable bonds is 6. The third-order valence-corrected chi connectivity index (χ3v) is 5.60. The van der Waals surface area contributed by atoms with Crippen LogP contribution in [0.25, 0.3) is 10.9 Å². The standard InChI is InChI=1S/C23H28N4O2/c1-18-4-3-5-19(14-18)17-25-10-12-26(13-11-25)23(28)8-9-27-22-7-6-21(29-2)15-20(22)16-24-27/h3-7,14-16H,8-13,17H2,1-2H3. The second kappa shape index (κ2) is 8.66. The number of nitrogens with zero attached hydrogens (tertiary/aromatic N) is 4. The molecule has 1 aliphatic heterocycles. The van der Waals surface area contributed by atoms with Gasteiger partial charge in [-0.15, -0.1) is 0 Å². The molecule has 0 aliphatic carbocycles. The van der Waals surface area contributed by atoms with Crippen molar-refractivity contribution in [2.45, 2.75) is 26.4 Å². The molecular formula is C23H28N4O2. The predicted octanol–water partition coefficient (Wildman–Crippen LogP) is 3.09. The van der Waals surface area contributed by atoms with Gasteiger partial charge in [0.25, 0.3) is 0 Å². The Kier molecular flexibility index (Phi) is 5.81. The van der Waals surface area contributed by atoms with Gasteiger partial charge >= 0.3 is 0 Å². The lowest BCUT2D eigenvalue weighted by Gasteiger charge is -2.35. The normalized spacial score (nSPS) is 15.0. The number of amides is 1. The van der Waals surface area contributed by atoms with Crippen LogP contribution in [0.15, 0.2) is 48.7 Å². The van der Waals surface area contributed by atoms with Gasteiger partial charge < -0.3 is 9.64 Å². The lowest BCUT2D eigenvalue weighted by Crippen LogP contribution is -2.48. The summed E-state index contributed by atoms with van der Waals surface area (Å²) in [4.78, 5) is 17.1. The van der Waals surface area contributed by atoms with Gasteiger partial charge in [0.2, 0.25) is 5.91 Å². The van der Waals surface area contributed by atoms with Crippen molar-refractivity contribution in [3.63, 3.8) is 0 Å². The summed E-state index contributed by atoms with van der Waals surface area (Å²) in [5, 5.41) is 5.47. The first-order chi connectivity index (χ1) is 14.1. The van der Waals surface area contributed by atoms with Crippen LogP contribution in [0.5, 0.6) is 5.75 Å². The lowest BCUT2D eigenvalue weighted by molar-refractivity contribution is -0.133. The van der Waals surface area contributed by atoms with Gasteiger partial charge in [0.05, 0.1) is 25.4 Å². The van der Waals surface area contributed by atoms with E-state index in [-0.39, 0.29) is 5.91 Å². The molecule has 1 fully saturated rings. The molecule has 6 nitrogen and oxygen atoms in total. The fraction of sp³-hybridized carbons (Fsp3) is 0.391. The van der Waals surface area contributed by atoms with E-state index in [0.29, 0.717) is 13.0 Å². The smallest absolute Gasteiger partial charge is 0.224 e. The van der Waals surface area contributed by atoms with Crippen LogP contribution >= 0.6 is 0 Å². The van der Waals surface area contributed by atoms with E-state index in [9.17, 15) is 4.79 Å². The summed E-state index contributed by atoms with van der Waals surface area (Å²) in [6.07, 6.45) is 2.30. The van der Waals surface area contributed by atoms with Crippen LogP contribution in [0.4, 0.5) is 0 Å². The van der Waals surface area contributed by atoms with E-state index < -0.39 is 0 Å². The third kappa shape index (κ3) is 4.59. The van der Waals surface area contributed by atoms with E-state index in [1.54, 1.807) is 7.11 Å². The Labute approximate surface area is 171 Å². The quantitative estimate of drug-likeness (QED) is 0.647. The third-order valence-electron chi connectivity index (χ3n) is 5.60. The molecule has 6 heteroatoms. The fourth-order valence-corrected chi connectivity index (χ4v) is 3.95. The maximum absolute atomic E-state index is 12.7. The molecule has 2 aromatic carbocycles. The summed E-state index contributed by atoms with van der Waals surface area (Å²) in [6, 6.07) is 14.5. The molecule has 29 heavy (non-hydrogen) atoms. The molecule has 0 saturated carbocycles. The van der Waals surface area contributed by atoms with Crippen LogP contribution in [0, 0.1) is 6.92 Å². The highest BCUT2D eigenvalue weighted by Crippen LogP contribution is 2.20. The molecule has 4 rings (SSSR count). The van der Waals surface area contributed by atoms with Crippen LogP contribution in [0.3, 0.4) is 0 Å². The maximum Gasteiger partial charge on any atom is 0.224 e. The zero-order chi connectivity index (χ0) is 20.2. The largest absolute Gasteiger partial charge is 0.497 e. The number of aromatic nitrogens is 2. The topological polar surface area (TPSA) is 50.6 Å². The second-order valence-electron chi connectivity index (χ2n) is 7.69. The van der Waals surface area contributed by atoms with Crippen molar-refractivity contribution >= 4 is 16.8 Å². The molecule has 1 saturated heterocycles. The summed E-state index contributed by atoms with van der Waals surface area (Å²) >= 11 is 0. The van der Waals surface area contributed by atoms with Gasteiger partial charge in [0, 0.05) is 44.5 Å². The van der Waals surface area contributed by atoms with Crippen molar-refractivity contribution in [3.05, 3.63) is 59.8 Å². The zero-order valence-electron chi connectivity index (χ0n) is 17.2. The maximum atomic E-state index is 12.7. The number of fused-ring (bicyclic) bond motifs is 1. The van der Waals surface area contributed by atoms with E-state index in [4.69, 9.17) is 4.74 Å². The van der Waals surface area contributed by atoms with E-state index >= 15 is 0 Å². The lowest BCUT2D eigenvalue weighted by atomic mass is 10.1. The average molecular weight is 393 g/mol. The number of benzene rings is 2. The molecule has 0 atom stereocenters. The highest BCUT2D eigenvalue weighted by atomic mass is 16.5. The predicted molar refractivity (Wildman–Crippen MR) is 114 cm³/mol. The van der Waals surface area contributed by atoms with Crippen molar-refractivity contribution in [1.29, 1.82) is 0 Å².